The van der Waals surface area contributed by atoms with Gasteiger partial charge >= 0.3 is 0 Å². The zero-order valence-electron chi connectivity index (χ0n) is 5.56. The zero-order chi connectivity index (χ0) is 7.56. The van der Waals surface area contributed by atoms with Crippen LogP contribution >= 0.6 is 31.9 Å². The quantitative estimate of drug-likeness (QED) is 0.817. The Labute approximate surface area is 77.8 Å². The van der Waals surface area contributed by atoms with Gasteiger partial charge in [0.25, 0.3) is 0 Å². The van der Waals surface area contributed by atoms with Crippen molar-refractivity contribution in [2.75, 3.05) is 6.61 Å². The highest BCUT2D eigenvalue weighted by molar-refractivity contribution is 9.28. The molecular weight excluding hydrogens is 260 g/mol. The number of aliphatic hydroxyl groups excluding tert-OH is 1. The normalized spacial score (nSPS) is 31.1. The van der Waals surface area contributed by atoms with Gasteiger partial charge in [0.05, 0.1) is 3.39 Å². The van der Waals surface area contributed by atoms with Gasteiger partial charge in [-0.2, -0.15) is 0 Å². The number of halogens is 2. The topological polar surface area (TPSA) is 20.2 Å². The third kappa shape index (κ3) is 2.36. The van der Waals surface area contributed by atoms with E-state index in [1.54, 1.807) is 0 Å². The van der Waals surface area contributed by atoms with Crippen LogP contribution in [0.15, 0.2) is 9.47 Å². The van der Waals surface area contributed by atoms with Crippen molar-refractivity contribution in [2.24, 2.45) is 11.8 Å². The Balaban J connectivity index is 2.20. The van der Waals surface area contributed by atoms with Crippen LogP contribution in [0.4, 0.5) is 0 Å². The summed E-state index contributed by atoms with van der Waals surface area (Å²) in [6, 6.07) is 0. The van der Waals surface area contributed by atoms with E-state index >= 15 is 0 Å². The Bertz CT molecular complexity index is 135. The third-order valence-corrected chi connectivity index (χ3v) is 2.42. The highest BCUT2D eigenvalue weighted by Gasteiger charge is 2.26. The summed E-state index contributed by atoms with van der Waals surface area (Å²) >= 11 is 6.61. The van der Waals surface area contributed by atoms with Gasteiger partial charge in [-0.15, -0.1) is 0 Å². The van der Waals surface area contributed by atoms with Gasteiger partial charge in [-0.3, -0.25) is 0 Å². The lowest BCUT2D eigenvalue weighted by molar-refractivity contribution is 0.130. The summed E-state index contributed by atoms with van der Waals surface area (Å²) in [4.78, 5) is 0. The number of hydrogen-bond acceptors (Lipinski definition) is 1. The van der Waals surface area contributed by atoms with E-state index in [2.05, 4.69) is 37.9 Å². The standard InChI is InChI=1S/C7H10Br2O/c8-7(9)3-5-1-6(2-5)4-10/h3,5-6,10H,1-2,4H2/t5-,6+. The van der Waals surface area contributed by atoms with E-state index in [-0.39, 0.29) is 0 Å². The van der Waals surface area contributed by atoms with Crippen molar-refractivity contribution < 1.29 is 5.11 Å². The molecule has 0 aromatic rings. The average molecular weight is 270 g/mol. The lowest BCUT2D eigenvalue weighted by Gasteiger charge is -2.31. The highest BCUT2D eigenvalue weighted by Crippen LogP contribution is 2.36. The van der Waals surface area contributed by atoms with Crippen molar-refractivity contribution in [2.45, 2.75) is 12.8 Å². The van der Waals surface area contributed by atoms with E-state index in [1.165, 1.54) is 0 Å². The average Bonchev–Trinajstić information content (AvgIpc) is 1.76. The molecule has 1 nitrogen and oxygen atoms in total. The molecule has 0 atom stereocenters. The van der Waals surface area contributed by atoms with Crippen molar-refractivity contribution in [3.63, 3.8) is 0 Å². The van der Waals surface area contributed by atoms with Crippen LogP contribution in [0.1, 0.15) is 12.8 Å². The maximum atomic E-state index is 8.69. The second-order valence-corrected chi connectivity index (χ2v) is 5.51. The van der Waals surface area contributed by atoms with E-state index < -0.39 is 0 Å². The van der Waals surface area contributed by atoms with E-state index in [0.29, 0.717) is 18.4 Å². The molecule has 10 heavy (non-hydrogen) atoms. The summed E-state index contributed by atoms with van der Waals surface area (Å²) in [5, 5.41) is 8.69. The van der Waals surface area contributed by atoms with Crippen LogP contribution in [0.5, 0.6) is 0 Å². The molecule has 3 heteroatoms. The van der Waals surface area contributed by atoms with Gasteiger partial charge in [0.15, 0.2) is 0 Å². The molecule has 0 heterocycles. The van der Waals surface area contributed by atoms with Crippen LogP contribution in [0.2, 0.25) is 0 Å². The maximum absolute atomic E-state index is 8.69. The second-order valence-electron chi connectivity index (χ2n) is 2.74. The van der Waals surface area contributed by atoms with Gasteiger partial charge in [-0.25, -0.2) is 0 Å². The first-order valence-electron chi connectivity index (χ1n) is 3.36. The van der Waals surface area contributed by atoms with Crippen LogP contribution in [0, 0.1) is 11.8 Å². The minimum atomic E-state index is 0.351. The fourth-order valence-electron chi connectivity index (χ4n) is 1.25. The van der Waals surface area contributed by atoms with Crippen molar-refractivity contribution in [3.8, 4) is 0 Å². The Morgan fingerprint density at radius 2 is 2.10 bits per heavy atom. The van der Waals surface area contributed by atoms with Gasteiger partial charge in [-0.1, -0.05) is 6.08 Å². The number of allylic oxidation sites excluding steroid dienone is 1. The van der Waals surface area contributed by atoms with Crippen molar-refractivity contribution in [3.05, 3.63) is 9.47 Å². The first-order valence-corrected chi connectivity index (χ1v) is 4.94. The molecule has 0 aliphatic heterocycles. The van der Waals surface area contributed by atoms with E-state index in [0.717, 1.165) is 16.2 Å². The molecule has 0 amide bonds. The largest absolute Gasteiger partial charge is 0.396 e. The fourth-order valence-corrected chi connectivity index (χ4v) is 2.00. The molecule has 0 aromatic heterocycles. The predicted molar refractivity (Wildman–Crippen MR) is 49.2 cm³/mol. The number of hydrogen-bond donors (Lipinski definition) is 1. The zero-order valence-corrected chi connectivity index (χ0v) is 8.73. The summed E-state index contributed by atoms with van der Waals surface area (Å²) < 4.78 is 1.03. The van der Waals surface area contributed by atoms with Crippen molar-refractivity contribution in [1.29, 1.82) is 0 Å². The molecule has 0 saturated heterocycles. The van der Waals surface area contributed by atoms with E-state index in [9.17, 15) is 0 Å². The molecule has 0 spiro atoms. The summed E-state index contributed by atoms with van der Waals surface area (Å²) in [7, 11) is 0. The van der Waals surface area contributed by atoms with Gasteiger partial charge in [0.1, 0.15) is 0 Å². The van der Waals surface area contributed by atoms with Gasteiger partial charge in [0.2, 0.25) is 0 Å². The molecule has 1 fully saturated rings. The van der Waals surface area contributed by atoms with Crippen LogP contribution in [0.3, 0.4) is 0 Å². The molecule has 0 bridgehead atoms. The summed E-state index contributed by atoms with van der Waals surface area (Å²) in [6.45, 7) is 0.351. The molecule has 1 aliphatic carbocycles. The van der Waals surface area contributed by atoms with E-state index in [1.807, 2.05) is 0 Å². The van der Waals surface area contributed by atoms with Gasteiger partial charge < -0.3 is 5.11 Å². The summed E-state index contributed by atoms with van der Waals surface area (Å²) in [5.41, 5.74) is 0. The Hall–Kier alpha value is 0.660. The first-order chi connectivity index (χ1) is 4.72. The molecule has 58 valence electrons. The predicted octanol–water partition coefficient (Wildman–Crippen LogP) is 2.64. The molecule has 0 radical (unpaired) electrons. The van der Waals surface area contributed by atoms with Crippen molar-refractivity contribution >= 4 is 31.9 Å². The highest BCUT2D eigenvalue weighted by atomic mass is 79.9. The molecule has 1 saturated carbocycles. The molecular formula is C7H10Br2O. The van der Waals surface area contributed by atoms with Crippen molar-refractivity contribution in [1.82, 2.24) is 0 Å². The third-order valence-electron chi connectivity index (χ3n) is 1.89. The van der Waals surface area contributed by atoms with Crippen LogP contribution in [0.25, 0.3) is 0 Å². The lowest BCUT2D eigenvalue weighted by atomic mass is 9.76. The molecule has 0 aromatic carbocycles. The van der Waals surface area contributed by atoms with E-state index in [4.69, 9.17) is 5.11 Å². The monoisotopic (exact) mass is 268 g/mol. The SMILES string of the molecule is OC[C@H]1C[C@@H](C=C(Br)Br)C1. The lowest BCUT2D eigenvalue weighted by Crippen LogP contribution is -2.24. The number of rotatable bonds is 2. The minimum absolute atomic E-state index is 0.351. The Morgan fingerprint density at radius 3 is 2.50 bits per heavy atom. The first kappa shape index (κ1) is 8.75. The van der Waals surface area contributed by atoms with Crippen LogP contribution in [-0.4, -0.2) is 11.7 Å². The Kier molecular flexibility index (Phi) is 3.40. The molecule has 1 N–H and O–H groups in total. The molecule has 1 aliphatic rings. The molecule has 1 rings (SSSR count). The van der Waals surface area contributed by atoms with Crippen LogP contribution in [-0.2, 0) is 0 Å². The van der Waals surface area contributed by atoms with Gasteiger partial charge in [-0.05, 0) is 56.5 Å². The fraction of sp³-hybridized carbons (Fsp3) is 0.714. The van der Waals surface area contributed by atoms with Gasteiger partial charge in [0, 0.05) is 6.61 Å². The maximum Gasteiger partial charge on any atom is 0.0567 e. The van der Waals surface area contributed by atoms with Crippen LogP contribution < -0.4 is 0 Å². The molecule has 0 unspecified atom stereocenters. The Morgan fingerprint density at radius 1 is 1.50 bits per heavy atom. The smallest absolute Gasteiger partial charge is 0.0567 e. The summed E-state index contributed by atoms with van der Waals surface area (Å²) in [6.07, 6.45) is 4.42. The number of aliphatic hydroxyl groups is 1. The summed E-state index contributed by atoms with van der Waals surface area (Å²) in [5.74, 6) is 1.23. The minimum Gasteiger partial charge on any atom is -0.396 e. The second kappa shape index (κ2) is 3.88.